The minimum atomic E-state index is -1.09. The van der Waals surface area contributed by atoms with Crippen LogP contribution in [0.2, 0.25) is 0 Å². The predicted molar refractivity (Wildman–Crippen MR) is 164 cm³/mol. The molecule has 0 aromatic rings. The van der Waals surface area contributed by atoms with Crippen LogP contribution in [0.25, 0.3) is 0 Å². The third kappa shape index (κ3) is 14.1. The molecule has 0 aliphatic heterocycles. The maximum atomic E-state index is 12.6. The van der Waals surface area contributed by atoms with E-state index in [-0.39, 0.29) is 30.3 Å². The average molecular weight is 569 g/mol. The van der Waals surface area contributed by atoms with Gasteiger partial charge in [-0.1, -0.05) is 91.2 Å². The number of carboxylic acid groups (broad SMARTS) is 3. The summed E-state index contributed by atoms with van der Waals surface area (Å²) >= 11 is 0. The maximum absolute atomic E-state index is 12.6. The number of hydrogen-bond acceptors (Lipinski definition) is 3. The third-order valence-electron chi connectivity index (χ3n) is 8.34. The van der Waals surface area contributed by atoms with Crippen molar-refractivity contribution in [2.75, 3.05) is 6.54 Å². The number of unbranched alkanes of at least 4 members (excludes halogenated alkanes) is 12. The number of carbonyl (C=O) groups is 3. The van der Waals surface area contributed by atoms with Crippen molar-refractivity contribution >= 4 is 17.9 Å². The Balaban J connectivity index is 5.17. The molecule has 234 valence electrons. The van der Waals surface area contributed by atoms with Gasteiger partial charge in [-0.15, -0.1) is 0 Å². The summed E-state index contributed by atoms with van der Waals surface area (Å²) in [5.74, 6) is -3.28. The minimum absolute atomic E-state index is 0.257. The van der Waals surface area contributed by atoms with Crippen molar-refractivity contribution in [3.8, 4) is 0 Å². The highest BCUT2D eigenvalue weighted by molar-refractivity contribution is 5.78. The summed E-state index contributed by atoms with van der Waals surface area (Å²) in [7, 11) is 0. The van der Waals surface area contributed by atoms with Gasteiger partial charge in [-0.2, -0.15) is 0 Å². The summed E-state index contributed by atoms with van der Waals surface area (Å²) in [5, 5.41) is 30.8. The Bertz CT molecular complexity index is 647. The number of hydrogen-bond donors (Lipinski definition) is 3. The SMILES string of the molecule is CCCCCCCCCCC/C=C/CCCCC[N+](C(CCC)C(=O)O)(C(CCC)C(=O)O)C(CCC)C(=O)O. The Morgan fingerprint density at radius 2 is 0.825 bits per heavy atom. The van der Waals surface area contributed by atoms with Crippen LogP contribution in [-0.2, 0) is 14.4 Å². The number of quaternary nitrogens is 1. The lowest BCUT2D eigenvalue weighted by atomic mass is 9.91. The number of carboxylic acids is 3. The molecule has 0 heterocycles. The zero-order chi connectivity index (χ0) is 30.2. The molecule has 0 aliphatic rings. The van der Waals surface area contributed by atoms with Gasteiger partial charge in [-0.3, -0.25) is 4.48 Å². The van der Waals surface area contributed by atoms with E-state index in [1.54, 1.807) is 0 Å². The number of nitrogens with zero attached hydrogens (tertiary/aromatic N) is 1. The first-order valence-corrected chi connectivity index (χ1v) is 16.4. The zero-order valence-electron chi connectivity index (χ0n) is 26.2. The van der Waals surface area contributed by atoms with Gasteiger partial charge in [0.15, 0.2) is 18.1 Å². The molecule has 0 rings (SSSR count). The highest BCUT2D eigenvalue weighted by Gasteiger charge is 2.56. The van der Waals surface area contributed by atoms with Gasteiger partial charge in [0.2, 0.25) is 0 Å². The largest absolute Gasteiger partial charge is 0.477 e. The molecule has 0 radical (unpaired) electrons. The maximum Gasteiger partial charge on any atom is 0.362 e. The molecule has 0 spiro atoms. The van der Waals surface area contributed by atoms with Crippen LogP contribution < -0.4 is 0 Å². The van der Waals surface area contributed by atoms with E-state index in [1.165, 1.54) is 57.8 Å². The van der Waals surface area contributed by atoms with Crippen LogP contribution in [0.1, 0.15) is 156 Å². The molecule has 3 N–H and O–H groups in total. The second-order valence-corrected chi connectivity index (χ2v) is 11.6. The molecule has 3 unspecified atom stereocenters. The Morgan fingerprint density at radius 1 is 0.500 bits per heavy atom. The first-order valence-electron chi connectivity index (χ1n) is 16.4. The lowest BCUT2D eigenvalue weighted by Crippen LogP contribution is -2.72. The monoisotopic (exact) mass is 568 g/mol. The lowest BCUT2D eigenvalue weighted by molar-refractivity contribution is -0.973. The van der Waals surface area contributed by atoms with Crippen LogP contribution in [-0.4, -0.2) is 62.4 Å². The first kappa shape index (κ1) is 38.1. The molecule has 0 saturated carbocycles. The van der Waals surface area contributed by atoms with Crippen LogP contribution >= 0.6 is 0 Å². The van der Waals surface area contributed by atoms with Crippen LogP contribution in [0.5, 0.6) is 0 Å². The molecule has 0 aromatic carbocycles. The van der Waals surface area contributed by atoms with E-state index in [2.05, 4.69) is 19.1 Å². The highest BCUT2D eigenvalue weighted by atomic mass is 16.4. The van der Waals surface area contributed by atoms with E-state index < -0.39 is 36.0 Å². The van der Waals surface area contributed by atoms with Crippen molar-refractivity contribution < 1.29 is 34.2 Å². The Kier molecular flexibility index (Phi) is 22.7. The summed E-state index contributed by atoms with van der Waals surface area (Å²) < 4.78 is -0.385. The molecule has 0 amide bonds. The summed E-state index contributed by atoms with van der Waals surface area (Å²) in [5.41, 5.74) is 0. The van der Waals surface area contributed by atoms with E-state index >= 15 is 0 Å². The fraction of sp³-hybridized carbons (Fsp3) is 0.848. The molecule has 3 atom stereocenters. The molecule has 0 fully saturated rings. The standard InChI is InChI=1S/C33H61NO6/c1-5-9-10-11-12-13-14-15-16-17-18-19-20-21-22-23-27-34(28(24-6-2)31(35)36,29(25-7-3)32(37)38)30(26-8-4)33(39)40/h18-19,28-30H,5-17,20-27H2,1-4H3,(H2-,35,36,37,38,39,40)/p+1/b19-18+. The second kappa shape index (κ2) is 23.8. The summed E-state index contributed by atoms with van der Waals surface area (Å²) in [4.78, 5) is 37.7. The van der Waals surface area contributed by atoms with Crippen LogP contribution in [0.15, 0.2) is 12.2 Å². The van der Waals surface area contributed by atoms with Crippen LogP contribution in [0.4, 0.5) is 0 Å². The highest BCUT2D eigenvalue weighted by Crippen LogP contribution is 2.34. The Morgan fingerprint density at radius 3 is 1.15 bits per heavy atom. The third-order valence-corrected chi connectivity index (χ3v) is 8.34. The molecular formula is C33H62NO6+. The quantitative estimate of drug-likeness (QED) is 0.0495. The van der Waals surface area contributed by atoms with Crippen molar-refractivity contribution in [1.29, 1.82) is 0 Å². The van der Waals surface area contributed by atoms with E-state index in [0.717, 1.165) is 25.7 Å². The molecule has 7 heteroatoms. The van der Waals surface area contributed by atoms with Crippen LogP contribution in [0.3, 0.4) is 0 Å². The van der Waals surface area contributed by atoms with Crippen molar-refractivity contribution in [3.05, 3.63) is 12.2 Å². The van der Waals surface area contributed by atoms with Crippen molar-refractivity contribution in [1.82, 2.24) is 0 Å². The molecule has 7 nitrogen and oxygen atoms in total. The van der Waals surface area contributed by atoms with Gasteiger partial charge in [0.1, 0.15) is 0 Å². The lowest BCUT2D eigenvalue weighted by Gasteiger charge is -2.50. The fourth-order valence-corrected chi connectivity index (χ4v) is 6.28. The van der Waals surface area contributed by atoms with Crippen molar-refractivity contribution in [3.63, 3.8) is 0 Å². The van der Waals surface area contributed by atoms with Gasteiger partial charge in [-0.25, -0.2) is 14.4 Å². The predicted octanol–water partition coefficient (Wildman–Crippen LogP) is 8.60. The molecule has 0 saturated heterocycles. The van der Waals surface area contributed by atoms with Gasteiger partial charge >= 0.3 is 17.9 Å². The van der Waals surface area contributed by atoms with E-state index in [1.807, 2.05) is 20.8 Å². The molecule has 0 aromatic heterocycles. The number of allylic oxidation sites excluding steroid dienone is 2. The minimum Gasteiger partial charge on any atom is -0.477 e. The van der Waals surface area contributed by atoms with E-state index in [9.17, 15) is 29.7 Å². The average Bonchev–Trinajstić information content (AvgIpc) is 2.91. The van der Waals surface area contributed by atoms with Gasteiger partial charge < -0.3 is 15.3 Å². The normalized spacial score (nSPS) is 15.5. The van der Waals surface area contributed by atoms with Crippen molar-refractivity contribution in [2.45, 2.75) is 174 Å². The zero-order valence-corrected chi connectivity index (χ0v) is 26.2. The van der Waals surface area contributed by atoms with E-state index in [0.29, 0.717) is 25.7 Å². The molecule has 0 bridgehead atoms. The van der Waals surface area contributed by atoms with Gasteiger partial charge in [0.05, 0.1) is 6.54 Å². The molecule has 40 heavy (non-hydrogen) atoms. The first-order chi connectivity index (χ1) is 19.2. The Labute approximate surface area is 245 Å². The smallest absolute Gasteiger partial charge is 0.362 e. The van der Waals surface area contributed by atoms with Gasteiger partial charge in [-0.05, 0) is 57.8 Å². The second-order valence-electron chi connectivity index (χ2n) is 11.6. The summed E-state index contributed by atoms with van der Waals surface area (Å²) in [6.45, 7) is 8.12. The van der Waals surface area contributed by atoms with Gasteiger partial charge in [0.25, 0.3) is 0 Å². The van der Waals surface area contributed by atoms with Gasteiger partial charge in [0, 0.05) is 19.3 Å². The summed E-state index contributed by atoms with van der Waals surface area (Å²) in [6, 6.07) is -3.16. The summed E-state index contributed by atoms with van der Waals surface area (Å²) in [6.07, 6.45) is 23.2. The molecule has 0 aliphatic carbocycles. The van der Waals surface area contributed by atoms with Crippen molar-refractivity contribution in [2.24, 2.45) is 0 Å². The topological polar surface area (TPSA) is 112 Å². The van der Waals surface area contributed by atoms with Crippen LogP contribution in [0, 0.1) is 0 Å². The number of rotatable bonds is 28. The number of aliphatic carboxylic acids is 3. The Hall–Kier alpha value is -1.89. The van der Waals surface area contributed by atoms with E-state index in [4.69, 9.17) is 0 Å². The molecular weight excluding hydrogens is 506 g/mol. The fourth-order valence-electron chi connectivity index (χ4n) is 6.28.